The number of methoxy groups -OCH3 is 1. The van der Waals surface area contributed by atoms with E-state index in [0.29, 0.717) is 41.7 Å². The Hall–Kier alpha value is -3.63. The summed E-state index contributed by atoms with van der Waals surface area (Å²) in [4.78, 5) is 16.0. The molecule has 184 valence electrons. The molecule has 1 aromatic heterocycles. The van der Waals surface area contributed by atoms with E-state index in [1.54, 1.807) is 43.5 Å². The summed E-state index contributed by atoms with van der Waals surface area (Å²) >= 11 is 0. The average Bonchev–Trinajstić information content (AvgIpc) is 2.90. The molecule has 1 unspecified atom stereocenters. The lowest BCUT2D eigenvalue weighted by molar-refractivity contribution is -0.120. The van der Waals surface area contributed by atoms with Crippen molar-refractivity contribution in [2.45, 2.75) is 37.8 Å². The second-order valence-corrected chi connectivity index (χ2v) is 9.62. The van der Waals surface area contributed by atoms with Gasteiger partial charge in [0, 0.05) is 25.0 Å². The van der Waals surface area contributed by atoms with Crippen molar-refractivity contribution in [3.05, 3.63) is 84.2 Å². The monoisotopic (exact) mass is 497 g/mol. The molecule has 0 saturated carbocycles. The number of pyridine rings is 1. The highest BCUT2D eigenvalue weighted by atomic mass is 32.2. The number of hydrogen-bond donors (Lipinski definition) is 2. The van der Waals surface area contributed by atoms with Crippen LogP contribution in [0.1, 0.15) is 37.3 Å². The summed E-state index contributed by atoms with van der Waals surface area (Å²) in [5.41, 5.74) is 1.52. The highest BCUT2D eigenvalue weighted by molar-refractivity contribution is 7.88. The molecule has 2 heterocycles. The van der Waals surface area contributed by atoms with Crippen LogP contribution in [-0.4, -0.2) is 32.5 Å². The Labute approximate surface area is 204 Å². The minimum Gasteiger partial charge on any atom is -0.490 e. The van der Waals surface area contributed by atoms with Gasteiger partial charge in [-0.25, -0.2) is 4.72 Å². The molecule has 1 fully saturated rings. The van der Waals surface area contributed by atoms with E-state index in [-0.39, 0.29) is 12.5 Å². The molecule has 35 heavy (non-hydrogen) atoms. The van der Waals surface area contributed by atoms with E-state index < -0.39 is 22.2 Å². The van der Waals surface area contributed by atoms with Gasteiger partial charge in [-0.1, -0.05) is 36.9 Å². The number of nitrogens with zero attached hydrogens (tertiary/aromatic N) is 1. The van der Waals surface area contributed by atoms with E-state index in [9.17, 15) is 13.2 Å². The predicted octanol–water partition coefficient (Wildman–Crippen LogP) is 3.49. The van der Waals surface area contributed by atoms with Gasteiger partial charge in [-0.15, -0.1) is 0 Å². The van der Waals surface area contributed by atoms with Crippen LogP contribution >= 0.6 is 0 Å². The number of benzene rings is 1. The lowest BCUT2D eigenvalue weighted by atomic mass is 10.0. The van der Waals surface area contributed by atoms with Crippen LogP contribution in [0.2, 0.25) is 0 Å². The van der Waals surface area contributed by atoms with Gasteiger partial charge in [0.25, 0.3) is 0 Å². The van der Waals surface area contributed by atoms with E-state index in [4.69, 9.17) is 14.2 Å². The van der Waals surface area contributed by atoms with Crippen molar-refractivity contribution in [2.75, 3.05) is 7.11 Å². The first-order chi connectivity index (χ1) is 16.8. The number of ether oxygens (including phenoxy) is 3. The maximum Gasteiger partial charge on any atom is 0.301 e. The van der Waals surface area contributed by atoms with Crippen molar-refractivity contribution < 1.29 is 27.4 Å². The number of rotatable bonds is 6. The lowest BCUT2D eigenvalue weighted by Gasteiger charge is -2.24. The minimum atomic E-state index is -3.83. The molecule has 1 aliphatic carbocycles. The molecule has 10 heteroatoms. The molecule has 0 radical (unpaired) electrons. The standard InChI is InChI=1S/C25H27N3O6S/c1-17-10-13-19(6-3-4-7-22(17)34-25-9-5-8-24(26-25)32-2)33-20-14-11-18(12-15-20)21-16-23(29)28-35(30,31)27-21/h3-5,7-9,11-12,14-15,19,21,27H,1,6,10,13,16H2,2H3,(H,28,29)/b4-3-,22-7?/t19-,21?/m0/s1. The molecule has 1 aliphatic heterocycles. The van der Waals surface area contributed by atoms with Gasteiger partial charge in [-0.2, -0.15) is 18.1 Å². The van der Waals surface area contributed by atoms with Crippen molar-refractivity contribution >= 4 is 16.1 Å². The van der Waals surface area contributed by atoms with Crippen molar-refractivity contribution in [2.24, 2.45) is 0 Å². The Balaban J connectivity index is 1.36. The average molecular weight is 498 g/mol. The number of allylic oxidation sites excluding steroid dienone is 3. The molecule has 0 bridgehead atoms. The fraction of sp³-hybridized carbons (Fsp3) is 0.280. The molecule has 1 amide bonds. The molecule has 0 spiro atoms. The highest BCUT2D eigenvalue weighted by Crippen LogP contribution is 2.27. The molecule has 4 rings (SSSR count). The lowest BCUT2D eigenvalue weighted by Crippen LogP contribution is -2.48. The Morgan fingerprint density at radius 2 is 1.89 bits per heavy atom. The smallest absolute Gasteiger partial charge is 0.301 e. The van der Waals surface area contributed by atoms with Crippen LogP contribution in [0.5, 0.6) is 17.5 Å². The van der Waals surface area contributed by atoms with Gasteiger partial charge in [-0.3, -0.25) is 4.79 Å². The van der Waals surface area contributed by atoms with Crippen LogP contribution in [-0.2, 0) is 15.0 Å². The van der Waals surface area contributed by atoms with E-state index in [2.05, 4.69) is 16.3 Å². The zero-order valence-electron chi connectivity index (χ0n) is 19.3. The van der Waals surface area contributed by atoms with Crippen LogP contribution in [0, 0.1) is 0 Å². The van der Waals surface area contributed by atoms with E-state index in [1.807, 2.05) is 29.0 Å². The van der Waals surface area contributed by atoms with Gasteiger partial charge in [0.05, 0.1) is 13.2 Å². The maximum absolute atomic E-state index is 11.7. The normalized spacial score (nSPS) is 23.1. The fourth-order valence-electron chi connectivity index (χ4n) is 3.76. The predicted molar refractivity (Wildman–Crippen MR) is 130 cm³/mol. The third kappa shape index (κ3) is 6.71. The molecule has 1 aromatic carbocycles. The zero-order chi connectivity index (χ0) is 24.8. The second kappa shape index (κ2) is 10.7. The van der Waals surface area contributed by atoms with Gasteiger partial charge in [0.1, 0.15) is 17.6 Å². The summed E-state index contributed by atoms with van der Waals surface area (Å²) in [5.74, 6) is 1.65. The number of hydrogen-bond acceptors (Lipinski definition) is 7. The molecular formula is C25H27N3O6S. The molecule has 9 nitrogen and oxygen atoms in total. The van der Waals surface area contributed by atoms with E-state index in [0.717, 1.165) is 12.0 Å². The molecule has 1 saturated heterocycles. The van der Waals surface area contributed by atoms with E-state index >= 15 is 0 Å². The van der Waals surface area contributed by atoms with Crippen LogP contribution in [0.3, 0.4) is 0 Å². The second-order valence-electron chi connectivity index (χ2n) is 8.17. The Kier molecular flexibility index (Phi) is 7.52. The number of carbonyl (C=O) groups is 1. The third-order valence-corrected chi connectivity index (χ3v) is 6.63. The fourth-order valence-corrected chi connectivity index (χ4v) is 4.80. The molecule has 2 N–H and O–H groups in total. The van der Waals surface area contributed by atoms with Gasteiger partial charge < -0.3 is 14.2 Å². The summed E-state index contributed by atoms with van der Waals surface area (Å²) in [6.45, 7) is 4.17. The van der Waals surface area contributed by atoms with Gasteiger partial charge in [-0.05, 0) is 42.2 Å². The van der Waals surface area contributed by atoms with Crippen molar-refractivity contribution in [1.29, 1.82) is 0 Å². The van der Waals surface area contributed by atoms with Gasteiger partial charge in [0.15, 0.2) is 0 Å². The third-order valence-electron chi connectivity index (χ3n) is 5.54. The summed E-state index contributed by atoms with van der Waals surface area (Å²) in [6, 6.07) is 11.8. The number of aromatic nitrogens is 1. The molecule has 2 aromatic rings. The number of carbonyl (C=O) groups excluding carboxylic acids is 1. The quantitative estimate of drug-likeness (QED) is 0.628. The Morgan fingerprint density at radius 1 is 1.11 bits per heavy atom. The first kappa shape index (κ1) is 24.5. The number of amides is 1. The SMILES string of the molecule is C=C1CC[C@@H](Oc2ccc(C3CC(=O)NS(=O)(=O)N3)cc2)C/C=C\C=C1Oc1cccc(OC)n1. The van der Waals surface area contributed by atoms with Gasteiger partial charge in [0.2, 0.25) is 17.7 Å². The molecular weight excluding hydrogens is 470 g/mol. The Morgan fingerprint density at radius 3 is 2.63 bits per heavy atom. The first-order valence-electron chi connectivity index (χ1n) is 11.1. The van der Waals surface area contributed by atoms with Crippen LogP contribution in [0.25, 0.3) is 0 Å². The highest BCUT2D eigenvalue weighted by Gasteiger charge is 2.29. The summed E-state index contributed by atoms with van der Waals surface area (Å²) in [6.07, 6.45) is 7.81. The summed E-state index contributed by atoms with van der Waals surface area (Å²) in [5, 5.41) is 0. The minimum absolute atomic E-state index is 0.0393. The maximum atomic E-state index is 11.7. The van der Waals surface area contributed by atoms with Crippen molar-refractivity contribution in [3.63, 3.8) is 0 Å². The Bertz CT molecular complexity index is 1250. The topological polar surface area (TPSA) is 116 Å². The van der Waals surface area contributed by atoms with E-state index in [1.165, 1.54) is 0 Å². The molecule has 2 atom stereocenters. The van der Waals surface area contributed by atoms with Crippen LogP contribution in [0.15, 0.2) is 78.6 Å². The van der Waals surface area contributed by atoms with Crippen molar-refractivity contribution in [1.82, 2.24) is 14.4 Å². The first-order valence-corrected chi connectivity index (χ1v) is 12.6. The van der Waals surface area contributed by atoms with Crippen molar-refractivity contribution in [3.8, 4) is 17.5 Å². The van der Waals surface area contributed by atoms with Crippen LogP contribution < -0.4 is 23.7 Å². The van der Waals surface area contributed by atoms with Gasteiger partial charge >= 0.3 is 10.2 Å². The largest absolute Gasteiger partial charge is 0.490 e. The molecule has 2 aliphatic rings. The zero-order valence-corrected chi connectivity index (χ0v) is 20.1. The summed E-state index contributed by atoms with van der Waals surface area (Å²) in [7, 11) is -2.28. The number of nitrogens with one attached hydrogen (secondary N) is 2. The summed E-state index contributed by atoms with van der Waals surface area (Å²) < 4.78 is 45.1. The van der Waals surface area contributed by atoms with Crippen LogP contribution in [0.4, 0.5) is 0 Å².